The highest BCUT2D eigenvalue weighted by molar-refractivity contribution is 5.56. The molecule has 1 aliphatic carbocycles. The quantitative estimate of drug-likeness (QED) is 0.546. The summed E-state index contributed by atoms with van der Waals surface area (Å²) in [5.41, 5.74) is 0. The van der Waals surface area contributed by atoms with E-state index < -0.39 is 0 Å². The molecule has 0 unspecified atom stereocenters. The van der Waals surface area contributed by atoms with Crippen molar-refractivity contribution >= 4 is 12.4 Å². The third kappa shape index (κ3) is 5.77. The molecule has 0 aromatic carbocycles. The second kappa shape index (κ2) is 7.45. The fourth-order valence-electron chi connectivity index (χ4n) is 1.30. The van der Waals surface area contributed by atoms with Gasteiger partial charge in [0.2, 0.25) is 0 Å². The minimum absolute atomic E-state index is 0.628. The highest BCUT2D eigenvalue weighted by Crippen LogP contribution is 2.21. The summed E-state index contributed by atoms with van der Waals surface area (Å²) in [7, 11) is 0. The van der Waals surface area contributed by atoms with E-state index in [4.69, 9.17) is 10.8 Å². The molecule has 0 heterocycles. The van der Waals surface area contributed by atoms with Gasteiger partial charge < -0.3 is 10.8 Å². The van der Waals surface area contributed by atoms with Crippen molar-refractivity contribution < 1.29 is 0 Å². The maximum absolute atomic E-state index is 6.97. The Morgan fingerprint density at radius 3 is 1.82 bits per heavy atom. The van der Waals surface area contributed by atoms with E-state index in [2.05, 4.69) is 0 Å². The predicted molar refractivity (Wildman–Crippen MR) is 49.8 cm³/mol. The van der Waals surface area contributed by atoms with Crippen LogP contribution in [0.2, 0.25) is 0 Å². The molecule has 2 nitrogen and oxygen atoms in total. The predicted octanol–water partition coefficient (Wildman–Crippen LogP) is 2.87. The molecule has 0 amide bonds. The molecule has 0 saturated heterocycles. The van der Waals surface area contributed by atoms with Crippen molar-refractivity contribution in [2.75, 3.05) is 0 Å². The van der Waals surface area contributed by atoms with Gasteiger partial charge in [0.25, 0.3) is 0 Å². The van der Waals surface area contributed by atoms with Crippen molar-refractivity contribution in [1.29, 1.82) is 10.8 Å². The zero-order valence-corrected chi connectivity index (χ0v) is 7.27. The standard InChI is InChI=1S/C7H13N.C2H5N/c8-6-7-4-2-1-3-5-7;1-2-3/h6-8H,1-5H2;2-3H,1H3. The molecule has 0 atom stereocenters. The van der Waals surface area contributed by atoms with Gasteiger partial charge in [0, 0.05) is 0 Å². The first-order chi connectivity index (χ1) is 5.35. The van der Waals surface area contributed by atoms with Gasteiger partial charge in [-0.2, -0.15) is 0 Å². The van der Waals surface area contributed by atoms with Gasteiger partial charge in [-0.25, -0.2) is 0 Å². The largest absolute Gasteiger partial charge is 0.313 e. The van der Waals surface area contributed by atoms with E-state index in [-0.39, 0.29) is 0 Å². The smallest absolute Gasteiger partial charge is 0.00167 e. The molecule has 11 heavy (non-hydrogen) atoms. The summed E-state index contributed by atoms with van der Waals surface area (Å²) >= 11 is 0. The molecule has 0 radical (unpaired) electrons. The van der Waals surface area contributed by atoms with E-state index in [1.807, 2.05) is 0 Å². The SMILES string of the molecule is CC=N.N=CC1CCCCC1. The molecule has 0 bridgehead atoms. The maximum atomic E-state index is 6.97. The summed E-state index contributed by atoms with van der Waals surface area (Å²) in [4.78, 5) is 0. The Balaban J connectivity index is 0.000000292. The molecule has 0 aliphatic heterocycles. The van der Waals surface area contributed by atoms with E-state index in [1.165, 1.54) is 38.3 Å². The Morgan fingerprint density at radius 2 is 1.55 bits per heavy atom. The Labute approximate surface area is 69.0 Å². The molecule has 2 N–H and O–H groups in total. The molecule has 1 rings (SSSR count). The Morgan fingerprint density at radius 1 is 1.09 bits per heavy atom. The molecule has 64 valence electrons. The van der Waals surface area contributed by atoms with E-state index in [0.717, 1.165) is 0 Å². The molecule has 1 saturated carbocycles. The van der Waals surface area contributed by atoms with Gasteiger partial charge in [-0.05, 0) is 38.1 Å². The average molecular weight is 154 g/mol. The van der Waals surface area contributed by atoms with Crippen LogP contribution in [0.5, 0.6) is 0 Å². The topological polar surface area (TPSA) is 47.7 Å². The van der Waals surface area contributed by atoms with Crippen LogP contribution in [0.4, 0.5) is 0 Å². The van der Waals surface area contributed by atoms with Gasteiger partial charge in [-0.3, -0.25) is 0 Å². The average Bonchev–Trinajstić information content (AvgIpc) is 2.08. The second-order valence-electron chi connectivity index (χ2n) is 2.85. The number of nitrogens with one attached hydrogen (secondary N) is 2. The second-order valence-corrected chi connectivity index (χ2v) is 2.85. The molecular weight excluding hydrogens is 136 g/mol. The normalized spacial score (nSPS) is 17.9. The highest BCUT2D eigenvalue weighted by atomic mass is 14.4. The van der Waals surface area contributed by atoms with Crippen LogP contribution in [0.3, 0.4) is 0 Å². The highest BCUT2D eigenvalue weighted by Gasteiger charge is 2.08. The minimum atomic E-state index is 0.628. The molecule has 0 spiro atoms. The molecule has 1 fully saturated rings. The maximum Gasteiger partial charge on any atom is -0.00167 e. The van der Waals surface area contributed by atoms with E-state index >= 15 is 0 Å². The minimum Gasteiger partial charge on any atom is -0.313 e. The van der Waals surface area contributed by atoms with Gasteiger partial charge >= 0.3 is 0 Å². The van der Waals surface area contributed by atoms with Crippen molar-refractivity contribution in [3.8, 4) is 0 Å². The third-order valence-corrected chi connectivity index (χ3v) is 1.89. The first kappa shape index (κ1) is 10.3. The first-order valence-electron chi connectivity index (χ1n) is 4.30. The lowest BCUT2D eigenvalue weighted by molar-refractivity contribution is 0.444. The van der Waals surface area contributed by atoms with Crippen LogP contribution in [0.15, 0.2) is 0 Å². The summed E-state index contributed by atoms with van der Waals surface area (Å²) in [5.74, 6) is 0.628. The van der Waals surface area contributed by atoms with Crippen molar-refractivity contribution in [3.05, 3.63) is 0 Å². The number of hydrogen-bond donors (Lipinski definition) is 2. The van der Waals surface area contributed by atoms with Gasteiger partial charge in [0.15, 0.2) is 0 Å². The van der Waals surface area contributed by atoms with Gasteiger partial charge in [-0.15, -0.1) is 0 Å². The van der Waals surface area contributed by atoms with Crippen LogP contribution in [0, 0.1) is 16.7 Å². The van der Waals surface area contributed by atoms with Crippen molar-refractivity contribution in [2.24, 2.45) is 5.92 Å². The summed E-state index contributed by atoms with van der Waals surface area (Å²) < 4.78 is 0. The summed E-state index contributed by atoms with van der Waals surface area (Å²) in [6.07, 6.45) is 9.48. The van der Waals surface area contributed by atoms with Gasteiger partial charge in [0.1, 0.15) is 0 Å². The van der Waals surface area contributed by atoms with E-state index in [9.17, 15) is 0 Å². The summed E-state index contributed by atoms with van der Waals surface area (Å²) in [6, 6.07) is 0. The zero-order chi connectivity index (χ0) is 8.53. The summed E-state index contributed by atoms with van der Waals surface area (Å²) in [5, 5.41) is 13.1. The third-order valence-electron chi connectivity index (χ3n) is 1.89. The molecular formula is C9H18N2. The lowest BCUT2D eigenvalue weighted by Crippen LogP contribution is -2.05. The van der Waals surface area contributed by atoms with Crippen LogP contribution >= 0.6 is 0 Å². The van der Waals surface area contributed by atoms with Crippen LogP contribution in [0.1, 0.15) is 39.0 Å². The van der Waals surface area contributed by atoms with Crippen LogP contribution in [-0.4, -0.2) is 12.4 Å². The monoisotopic (exact) mass is 154 g/mol. The zero-order valence-electron chi connectivity index (χ0n) is 7.27. The Kier molecular flexibility index (Phi) is 7.00. The Bertz CT molecular complexity index is 104. The van der Waals surface area contributed by atoms with Crippen molar-refractivity contribution in [2.45, 2.75) is 39.0 Å². The van der Waals surface area contributed by atoms with Crippen molar-refractivity contribution in [1.82, 2.24) is 0 Å². The van der Waals surface area contributed by atoms with E-state index in [1.54, 1.807) is 13.1 Å². The molecule has 0 aromatic rings. The van der Waals surface area contributed by atoms with Crippen LogP contribution in [-0.2, 0) is 0 Å². The number of rotatable bonds is 1. The Hall–Kier alpha value is -0.660. The fraction of sp³-hybridized carbons (Fsp3) is 0.778. The lowest BCUT2D eigenvalue weighted by Gasteiger charge is -2.15. The van der Waals surface area contributed by atoms with Gasteiger partial charge in [0.05, 0.1) is 0 Å². The van der Waals surface area contributed by atoms with E-state index in [0.29, 0.717) is 5.92 Å². The first-order valence-corrected chi connectivity index (χ1v) is 4.30. The fourth-order valence-corrected chi connectivity index (χ4v) is 1.30. The molecule has 1 aliphatic rings. The lowest BCUT2D eigenvalue weighted by atomic mass is 9.90. The van der Waals surface area contributed by atoms with Crippen LogP contribution < -0.4 is 0 Å². The van der Waals surface area contributed by atoms with Crippen molar-refractivity contribution in [3.63, 3.8) is 0 Å². The van der Waals surface area contributed by atoms with Crippen LogP contribution in [0.25, 0.3) is 0 Å². The number of hydrogen-bond acceptors (Lipinski definition) is 2. The van der Waals surface area contributed by atoms with Gasteiger partial charge in [-0.1, -0.05) is 19.3 Å². The molecule has 2 heteroatoms. The summed E-state index contributed by atoms with van der Waals surface area (Å²) in [6.45, 7) is 1.67. The molecule has 0 aromatic heterocycles.